The van der Waals surface area contributed by atoms with Crippen LogP contribution in [0.5, 0.6) is 0 Å². The Balaban J connectivity index is 2.73. The Kier molecular flexibility index (Phi) is 5.33. The molecule has 3 amide bonds. The summed E-state index contributed by atoms with van der Waals surface area (Å²) >= 11 is 5.90. The molecule has 1 aromatic rings. The van der Waals surface area contributed by atoms with E-state index in [-0.39, 0.29) is 0 Å². The lowest BCUT2D eigenvalue weighted by Gasteiger charge is -2.15. The molecular weight excluding hydrogens is 286 g/mol. The number of carbonyl (C=O) groups excluding carboxylic acids is 2. The normalized spacial score (nSPS) is 11.5. The number of nitrogens with two attached hydrogens (primary N) is 1. The number of anilines is 1. The number of hydrogen-bond acceptors (Lipinski definition) is 3. The second-order valence-electron chi connectivity index (χ2n) is 4.07. The van der Waals surface area contributed by atoms with E-state index in [1.54, 1.807) is 25.1 Å². The summed E-state index contributed by atoms with van der Waals surface area (Å²) < 4.78 is 0. The zero-order valence-corrected chi connectivity index (χ0v) is 11.4. The van der Waals surface area contributed by atoms with Crippen molar-refractivity contribution in [1.29, 1.82) is 0 Å². The zero-order valence-electron chi connectivity index (χ0n) is 10.6. The van der Waals surface area contributed by atoms with Gasteiger partial charge in [-0.3, -0.25) is 4.79 Å². The Hall–Kier alpha value is -2.28. The number of carboxylic acid groups (broad SMARTS) is 1. The smallest absolute Gasteiger partial charge is 0.326 e. The van der Waals surface area contributed by atoms with Crippen molar-refractivity contribution in [2.75, 3.05) is 5.32 Å². The molecule has 0 heterocycles. The first kappa shape index (κ1) is 15.8. The van der Waals surface area contributed by atoms with Gasteiger partial charge in [0.15, 0.2) is 0 Å². The van der Waals surface area contributed by atoms with Gasteiger partial charge in [0.2, 0.25) is 5.91 Å². The fraction of sp³-hybridized carbons (Fsp3) is 0.250. The van der Waals surface area contributed by atoms with Crippen LogP contribution in [0.3, 0.4) is 0 Å². The third-order valence-corrected chi connectivity index (χ3v) is 2.93. The molecule has 0 saturated heterocycles. The average molecular weight is 300 g/mol. The summed E-state index contributed by atoms with van der Waals surface area (Å²) in [5.74, 6) is -2.17. The van der Waals surface area contributed by atoms with E-state index in [1.165, 1.54) is 0 Å². The monoisotopic (exact) mass is 299 g/mol. The predicted octanol–water partition coefficient (Wildman–Crippen LogP) is 1.10. The topological polar surface area (TPSA) is 122 Å². The zero-order chi connectivity index (χ0) is 15.3. The van der Waals surface area contributed by atoms with Crippen molar-refractivity contribution in [3.8, 4) is 0 Å². The molecule has 1 aromatic carbocycles. The van der Waals surface area contributed by atoms with Gasteiger partial charge in [-0.2, -0.15) is 0 Å². The molecule has 0 spiro atoms. The highest BCUT2D eigenvalue weighted by atomic mass is 35.5. The minimum Gasteiger partial charge on any atom is -0.480 e. The van der Waals surface area contributed by atoms with Crippen molar-refractivity contribution in [3.63, 3.8) is 0 Å². The van der Waals surface area contributed by atoms with Gasteiger partial charge in [0.05, 0.1) is 6.42 Å². The van der Waals surface area contributed by atoms with Gasteiger partial charge in [-0.05, 0) is 24.6 Å². The molecule has 0 aliphatic rings. The van der Waals surface area contributed by atoms with Gasteiger partial charge < -0.3 is 21.5 Å². The minimum absolute atomic E-state index is 0.443. The van der Waals surface area contributed by atoms with Crippen LogP contribution in [0.1, 0.15) is 12.0 Å². The van der Waals surface area contributed by atoms with Crippen LogP contribution in [0.25, 0.3) is 0 Å². The van der Waals surface area contributed by atoms with Crippen molar-refractivity contribution < 1.29 is 19.5 Å². The van der Waals surface area contributed by atoms with E-state index in [0.29, 0.717) is 16.3 Å². The molecule has 7 nitrogen and oxygen atoms in total. The number of primary amides is 1. The van der Waals surface area contributed by atoms with Crippen molar-refractivity contribution in [3.05, 3.63) is 28.8 Å². The lowest BCUT2D eigenvalue weighted by atomic mass is 10.2. The van der Waals surface area contributed by atoms with Crippen LogP contribution in [-0.2, 0) is 9.59 Å². The molecule has 1 rings (SSSR count). The molecule has 0 bridgehead atoms. The van der Waals surface area contributed by atoms with Crippen LogP contribution in [0.4, 0.5) is 10.5 Å². The fourth-order valence-electron chi connectivity index (χ4n) is 1.46. The molecule has 0 aliphatic carbocycles. The third-order valence-electron chi connectivity index (χ3n) is 2.52. The van der Waals surface area contributed by atoms with Crippen molar-refractivity contribution >= 4 is 35.2 Å². The van der Waals surface area contributed by atoms with E-state index in [9.17, 15) is 14.4 Å². The summed E-state index contributed by atoms with van der Waals surface area (Å²) in [7, 11) is 0. The van der Waals surface area contributed by atoms with Gasteiger partial charge in [-0.15, -0.1) is 0 Å². The van der Waals surface area contributed by atoms with E-state index in [0.717, 1.165) is 0 Å². The van der Waals surface area contributed by atoms with Crippen LogP contribution < -0.4 is 16.4 Å². The highest BCUT2D eigenvalue weighted by Gasteiger charge is 2.22. The summed E-state index contributed by atoms with van der Waals surface area (Å²) in [5, 5.41) is 13.9. The number of amides is 3. The van der Waals surface area contributed by atoms with E-state index in [2.05, 4.69) is 10.6 Å². The number of aliphatic carboxylic acids is 1. The molecule has 5 N–H and O–H groups in total. The van der Waals surface area contributed by atoms with E-state index < -0.39 is 30.4 Å². The maximum atomic E-state index is 11.7. The lowest BCUT2D eigenvalue weighted by Crippen LogP contribution is -2.45. The molecule has 1 atom stereocenters. The molecule has 0 aliphatic heterocycles. The molecule has 0 radical (unpaired) electrons. The highest BCUT2D eigenvalue weighted by molar-refractivity contribution is 6.31. The Labute approximate surface area is 120 Å². The summed E-state index contributed by atoms with van der Waals surface area (Å²) in [4.78, 5) is 33.3. The number of benzene rings is 1. The van der Waals surface area contributed by atoms with Crippen molar-refractivity contribution in [1.82, 2.24) is 5.32 Å². The summed E-state index contributed by atoms with van der Waals surface area (Å²) in [6, 6.07) is 2.77. The standard InChI is InChI=1S/C12H14ClN3O4/c1-6-7(13)3-2-4-8(6)15-12(20)16-9(11(18)19)5-10(14)17/h2-4,9H,5H2,1H3,(H2,14,17)(H,18,19)(H2,15,16,20)/t9-/m0/s1. The molecule has 20 heavy (non-hydrogen) atoms. The Morgan fingerprint density at radius 1 is 1.40 bits per heavy atom. The van der Waals surface area contributed by atoms with Gasteiger partial charge in [-0.1, -0.05) is 17.7 Å². The number of halogens is 1. The van der Waals surface area contributed by atoms with Crippen LogP contribution in [0.2, 0.25) is 5.02 Å². The van der Waals surface area contributed by atoms with Gasteiger partial charge >= 0.3 is 12.0 Å². The van der Waals surface area contributed by atoms with Crippen LogP contribution >= 0.6 is 11.6 Å². The molecule has 8 heteroatoms. The number of hydrogen-bond donors (Lipinski definition) is 4. The quantitative estimate of drug-likeness (QED) is 0.650. The van der Waals surface area contributed by atoms with Gasteiger partial charge in [-0.25, -0.2) is 9.59 Å². The maximum absolute atomic E-state index is 11.7. The number of nitrogens with one attached hydrogen (secondary N) is 2. The van der Waals surface area contributed by atoms with Gasteiger partial charge in [0, 0.05) is 10.7 Å². The maximum Gasteiger partial charge on any atom is 0.326 e. The van der Waals surface area contributed by atoms with E-state index in [1.807, 2.05) is 0 Å². The molecule has 0 fully saturated rings. The largest absolute Gasteiger partial charge is 0.480 e. The second-order valence-corrected chi connectivity index (χ2v) is 4.48. The Bertz CT molecular complexity index is 548. The first-order valence-corrected chi connectivity index (χ1v) is 6.02. The van der Waals surface area contributed by atoms with Crippen LogP contribution in [0.15, 0.2) is 18.2 Å². The van der Waals surface area contributed by atoms with Crippen molar-refractivity contribution in [2.24, 2.45) is 5.73 Å². The summed E-state index contributed by atoms with van der Waals surface area (Å²) in [6.07, 6.45) is -0.489. The number of carbonyl (C=O) groups is 3. The lowest BCUT2D eigenvalue weighted by molar-refractivity contribution is -0.140. The number of urea groups is 1. The second kappa shape index (κ2) is 6.76. The van der Waals surface area contributed by atoms with Crippen molar-refractivity contribution in [2.45, 2.75) is 19.4 Å². The van der Waals surface area contributed by atoms with Gasteiger partial charge in [0.1, 0.15) is 6.04 Å². The first-order valence-electron chi connectivity index (χ1n) is 5.65. The first-order chi connectivity index (χ1) is 9.31. The van der Waals surface area contributed by atoms with Crippen LogP contribution in [0, 0.1) is 6.92 Å². The molecule has 108 valence electrons. The van der Waals surface area contributed by atoms with Gasteiger partial charge in [0.25, 0.3) is 0 Å². The van der Waals surface area contributed by atoms with Crippen LogP contribution in [-0.4, -0.2) is 29.1 Å². The summed E-state index contributed by atoms with van der Waals surface area (Å²) in [6.45, 7) is 1.70. The predicted molar refractivity (Wildman–Crippen MR) is 73.6 cm³/mol. The Morgan fingerprint density at radius 3 is 2.60 bits per heavy atom. The number of rotatable bonds is 5. The minimum atomic E-state index is -1.38. The molecule has 0 unspecified atom stereocenters. The van der Waals surface area contributed by atoms with E-state index in [4.69, 9.17) is 22.4 Å². The highest BCUT2D eigenvalue weighted by Crippen LogP contribution is 2.22. The number of carboxylic acids is 1. The molecule has 0 aromatic heterocycles. The molecular formula is C12H14ClN3O4. The van der Waals surface area contributed by atoms with E-state index >= 15 is 0 Å². The summed E-state index contributed by atoms with van der Waals surface area (Å²) in [5.41, 5.74) is 6.00. The fourth-order valence-corrected chi connectivity index (χ4v) is 1.64. The SMILES string of the molecule is Cc1c(Cl)cccc1NC(=O)N[C@@H](CC(N)=O)C(=O)O. The Morgan fingerprint density at radius 2 is 2.05 bits per heavy atom. The third kappa shape index (κ3) is 4.43. The molecule has 0 saturated carbocycles. The average Bonchev–Trinajstić information content (AvgIpc) is 2.33.